The van der Waals surface area contributed by atoms with Crippen LogP contribution >= 0.6 is 0 Å². The predicted octanol–water partition coefficient (Wildman–Crippen LogP) is -0.866. The molecule has 0 spiro atoms. The maximum absolute atomic E-state index is 12.1. The minimum absolute atomic E-state index is 0.0843. The number of nitrogens with one attached hydrogen (secondary N) is 2. The second kappa shape index (κ2) is 6.23. The van der Waals surface area contributed by atoms with E-state index in [1.807, 2.05) is 0 Å². The summed E-state index contributed by atoms with van der Waals surface area (Å²) in [5.41, 5.74) is 6.04. The molecule has 3 rings (SSSR count). The van der Waals surface area contributed by atoms with E-state index in [-0.39, 0.29) is 24.5 Å². The van der Waals surface area contributed by atoms with Crippen LogP contribution in [0.2, 0.25) is 0 Å². The number of hydrogen-bond acceptors (Lipinski definition) is 4. The summed E-state index contributed by atoms with van der Waals surface area (Å²) < 4.78 is 10.5. The Kier molecular flexibility index (Phi) is 4.15. The number of rotatable bonds is 4. The first kappa shape index (κ1) is 14.6. The third kappa shape index (κ3) is 3.30. The van der Waals surface area contributed by atoms with Gasteiger partial charge in [-0.05, 0) is 25.0 Å². The molecule has 118 valence electrons. The molecule has 0 aromatic heterocycles. The summed E-state index contributed by atoms with van der Waals surface area (Å²) in [6.45, 7) is 2.06. The van der Waals surface area contributed by atoms with Crippen LogP contribution in [0, 0.1) is 5.92 Å². The molecule has 2 amide bonds. The minimum Gasteiger partial charge on any atom is -0.454 e. The number of primary amides is 1. The smallest absolute Gasteiger partial charge is 0.279 e. The van der Waals surface area contributed by atoms with Crippen LogP contribution in [0.25, 0.3) is 0 Å². The van der Waals surface area contributed by atoms with E-state index in [1.165, 1.54) is 0 Å². The minimum atomic E-state index is -0.270. The maximum atomic E-state index is 12.1. The van der Waals surface area contributed by atoms with Crippen molar-refractivity contribution in [1.82, 2.24) is 0 Å². The molecule has 0 aliphatic carbocycles. The average molecular weight is 306 g/mol. The van der Waals surface area contributed by atoms with Crippen molar-refractivity contribution >= 4 is 17.5 Å². The van der Waals surface area contributed by atoms with Gasteiger partial charge >= 0.3 is 0 Å². The molecule has 2 heterocycles. The normalized spacial score (nSPS) is 23.1. The number of carbonyl (C=O) groups excluding carboxylic acids is 2. The van der Waals surface area contributed by atoms with E-state index >= 15 is 0 Å². The van der Waals surface area contributed by atoms with E-state index in [2.05, 4.69) is 5.32 Å². The van der Waals surface area contributed by atoms with Gasteiger partial charge in [0.1, 0.15) is 0 Å². The van der Waals surface area contributed by atoms with E-state index in [0.717, 1.165) is 24.3 Å². The van der Waals surface area contributed by atoms with Gasteiger partial charge in [-0.25, -0.2) is 0 Å². The Morgan fingerprint density at radius 2 is 2.14 bits per heavy atom. The predicted molar refractivity (Wildman–Crippen MR) is 78.7 cm³/mol. The van der Waals surface area contributed by atoms with Gasteiger partial charge in [0.25, 0.3) is 5.91 Å². The summed E-state index contributed by atoms with van der Waals surface area (Å²) >= 11 is 0. The summed E-state index contributed by atoms with van der Waals surface area (Å²) in [6.07, 6.45) is 1.74. The first-order chi connectivity index (χ1) is 10.6. The number of quaternary nitrogens is 1. The third-order valence-electron chi connectivity index (χ3n) is 4.09. The van der Waals surface area contributed by atoms with Crippen LogP contribution in [0.3, 0.4) is 0 Å². The Labute approximate surface area is 128 Å². The first-order valence-electron chi connectivity index (χ1n) is 7.44. The van der Waals surface area contributed by atoms with Gasteiger partial charge in [-0.1, -0.05) is 0 Å². The second-order valence-corrected chi connectivity index (χ2v) is 5.74. The monoisotopic (exact) mass is 306 g/mol. The molecular weight excluding hydrogens is 286 g/mol. The van der Waals surface area contributed by atoms with E-state index in [4.69, 9.17) is 15.2 Å². The van der Waals surface area contributed by atoms with Gasteiger partial charge in [-0.2, -0.15) is 0 Å². The number of anilines is 1. The number of carbonyl (C=O) groups is 2. The zero-order valence-electron chi connectivity index (χ0n) is 12.3. The van der Waals surface area contributed by atoms with Crippen molar-refractivity contribution in [3.8, 4) is 11.5 Å². The van der Waals surface area contributed by atoms with Gasteiger partial charge in [-0.3, -0.25) is 9.59 Å². The number of nitrogens with two attached hydrogens (primary N) is 1. The maximum Gasteiger partial charge on any atom is 0.279 e. The van der Waals surface area contributed by atoms with Crippen LogP contribution in [0.15, 0.2) is 18.2 Å². The van der Waals surface area contributed by atoms with Crippen LogP contribution in [-0.2, 0) is 9.59 Å². The molecule has 7 heteroatoms. The lowest BCUT2D eigenvalue weighted by atomic mass is 9.97. The molecule has 2 atom stereocenters. The number of fused-ring (bicyclic) bond motifs is 1. The highest BCUT2D eigenvalue weighted by Gasteiger charge is 2.28. The van der Waals surface area contributed by atoms with Gasteiger partial charge in [0.2, 0.25) is 12.7 Å². The van der Waals surface area contributed by atoms with Crippen LogP contribution in [0.1, 0.15) is 12.8 Å². The SMILES string of the molecule is NC(=O)[C@H]1CCC[NH+](CC(=O)Nc2ccc3c(c2)OCO3)C1. The summed E-state index contributed by atoms with van der Waals surface area (Å²) in [5, 5.41) is 2.85. The standard InChI is InChI=1S/C15H19N3O4/c16-15(20)10-2-1-5-18(7-10)8-14(19)17-11-3-4-12-13(6-11)22-9-21-12/h3-4,6,10H,1-2,5,7-9H2,(H2,16,20)(H,17,19)/p+1/t10-/m0/s1. The lowest BCUT2D eigenvalue weighted by Crippen LogP contribution is -3.14. The first-order valence-corrected chi connectivity index (χ1v) is 7.44. The zero-order valence-corrected chi connectivity index (χ0v) is 12.3. The molecular formula is C15H20N3O4+. The van der Waals surface area contributed by atoms with Crippen LogP contribution < -0.4 is 25.4 Å². The van der Waals surface area contributed by atoms with Gasteiger partial charge in [0.05, 0.1) is 19.0 Å². The second-order valence-electron chi connectivity index (χ2n) is 5.74. The van der Waals surface area contributed by atoms with E-state index in [9.17, 15) is 9.59 Å². The molecule has 7 nitrogen and oxygen atoms in total. The van der Waals surface area contributed by atoms with Crippen molar-refractivity contribution in [2.45, 2.75) is 12.8 Å². The number of benzene rings is 1. The van der Waals surface area contributed by atoms with Gasteiger partial charge in [0, 0.05) is 11.8 Å². The van der Waals surface area contributed by atoms with E-state index in [1.54, 1.807) is 18.2 Å². The molecule has 22 heavy (non-hydrogen) atoms. The molecule has 2 aliphatic rings. The molecule has 1 unspecified atom stereocenters. The summed E-state index contributed by atoms with van der Waals surface area (Å²) in [6, 6.07) is 5.30. The van der Waals surface area contributed by atoms with Crippen molar-refractivity contribution in [3.63, 3.8) is 0 Å². The topological polar surface area (TPSA) is 95.1 Å². The largest absolute Gasteiger partial charge is 0.454 e. The van der Waals surface area contributed by atoms with Crippen LogP contribution in [0.5, 0.6) is 11.5 Å². The van der Waals surface area contributed by atoms with Gasteiger partial charge in [0.15, 0.2) is 18.0 Å². The van der Waals surface area contributed by atoms with Crippen molar-refractivity contribution < 1.29 is 24.0 Å². The molecule has 0 bridgehead atoms. The Bertz CT molecular complexity index is 590. The lowest BCUT2D eigenvalue weighted by molar-refractivity contribution is -0.899. The highest BCUT2D eigenvalue weighted by molar-refractivity contribution is 5.91. The molecule has 1 fully saturated rings. The fourth-order valence-corrected chi connectivity index (χ4v) is 2.96. The molecule has 2 aliphatic heterocycles. The van der Waals surface area contributed by atoms with Crippen molar-refractivity contribution in [1.29, 1.82) is 0 Å². The molecule has 1 saturated heterocycles. The molecule has 4 N–H and O–H groups in total. The molecule has 0 saturated carbocycles. The number of ether oxygens (including phenoxy) is 2. The van der Waals surface area contributed by atoms with Crippen LogP contribution in [-0.4, -0.2) is 38.2 Å². The fourth-order valence-electron chi connectivity index (χ4n) is 2.96. The quantitative estimate of drug-likeness (QED) is 0.674. The zero-order chi connectivity index (χ0) is 15.5. The van der Waals surface area contributed by atoms with E-state index in [0.29, 0.717) is 30.3 Å². The third-order valence-corrected chi connectivity index (χ3v) is 4.09. The summed E-state index contributed by atoms with van der Waals surface area (Å²) in [4.78, 5) is 24.5. The summed E-state index contributed by atoms with van der Waals surface area (Å²) in [7, 11) is 0. The Morgan fingerprint density at radius 1 is 1.32 bits per heavy atom. The molecule has 1 aromatic rings. The Morgan fingerprint density at radius 3 is 2.95 bits per heavy atom. The number of likely N-dealkylation sites (tertiary alicyclic amines) is 1. The number of hydrogen-bond donors (Lipinski definition) is 3. The average Bonchev–Trinajstić information content (AvgIpc) is 2.95. The van der Waals surface area contributed by atoms with Crippen molar-refractivity contribution in [2.24, 2.45) is 11.7 Å². The Balaban J connectivity index is 1.55. The Hall–Kier alpha value is -2.28. The van der Waals surface area contributed by atoms with Gasteiger partial charge < -0.3 is 25.4 Å². The van der Waals surface area contributed by atoms with E-state index < -0.39 is 0 Å². The number of amides is 2. The fraction of sp³-hybridized carbons (Fsp3) is 0.467. The van der Waals surface area contributed by atoms with Crippen LogP contribution in [0.4, 0.5) is 5.69 Å². The highest BCUT2D eigenvalue weighted by atomic mass is 16.7. The lowest BCUT2D eigenvalue weighted by Gasteiger charge is -2.27. The molecule has 0 radical (unpaired) electrons. The molecule has 1 aromatic carbocycles. The summed E-state index contributed by atoms with van der Waals surface area (Å²) in [5.74, 6) is 0.843. The van der Waals surface area contributed by atoms with Gasteiger partial charge in [-0.15, -0.1) is 0 Å². The van der Waals surface area contributed by atoms with Crippen molar-refractivity contribution in [2.75, 3.05) is 31.7 Å². The number of piperidine rings is 1. The van der Waals surface area contributed by atoms with Crippen molar-refractivity contribution in [3.05, 3.63) is 18.2 Å². The highest BCUT2D eigenvalue weighted by Crippen LogP contribution is 2.34.